The number of rotatable bonds is 5. The molecule has 5 nitrogen and oxygen atoms in total. The number of esters is 1. The summed E-state index contributed by atoms with van der Waals surface area (Å²) in [6.07, 6.45) is 0. The summed E-state index contributed by atoms with van der Waals surface area (Å²) < 4.78 is 4.91. The van der Waals surface area contributed by atoms with Crippen LogP contribution in [-0.2, 0) is 9.53 Å². The van der Waals surface area contributed by atoms with Gasteiger partial charge in [-0.3, -0.25) is 4.79 Å². The summed E-state index contributed by atoms with van der Waals surface area (Å²) in [4.78, 5) is 27.5. The van der Waals surface area contributed by atoms with Gasteiger partial charge in [0.1, 0.15) is 5.15 Å². The van der Waals surface area contributed by atoms with E-state index in [0.717, 1.165) is 5.56 Å². The number of aromatic nitrogens is 1. The van der Waals surface area contributed by atoms with Gasteiger partial charge in [0, 0.05) is 0 Å². The van der Waals surface area contributed by atoms with Crippen LogP contribution in [-0.4, -0.2) is 23.5 Å². The molecule has 0 saturated heterocycles. The Kier molecular flexibility index (Phi) is 5.96. The molecule has 0 aliphatic carbocycles. The van der Waals surface area contributed by atoms with E-state index < -0.39 is 18.5 Å². The molecule has 0 saturated carbocycles. The summed E-state index contributed by atoms with van der Waals surface area (Å²) >= 11 is 11.6. The van der Waals surface area contributed by atoms with E-state index in [1.54, 1.807) is 0 Å². The number of ether oxygens (including phenoxy) is 1. The van der Waals surface area contributed by atoms with E-state index in [9.17, 15) is 9.59 Å². The molecule has 0 bridgehead atoms. The zero-order chi connectivity index (χ0) is 16.8. The normalized spacial score (nSPS) is 11.6. The summed E-state index contributed by atoms with van der Waals surface area (Å²) in [7, 11) is 0. The third-order valence-corrected chi connectivity index (χ3v) is 3.53. The average Bonchev–Trinajstić information content (AvgIpc) is 2.55. The summed E-state index contributed by atoms with van der Waals surface area (Å²) in [6.45, 7) is 1.41. The molecule has 120 valence electrons. The van der Waals surface area contributed by atoms with E-state index in [1.165, 1.54) is 12.1 Å². The fraction of sp³-hybridized carbons (Fsp3) is 0.188. The SMILES string of the molecule is C[C@@H](NC(=O)COC(=O)c1nc(Cl)ccc1Cl)c1ccccc1. The third-order valence-electron chi connectivity index (χ3n) is 3.02. The number of nitrogens with zero attached hydrogens (tertiary/aromatic N) is 1. The molecule has 0 spiro atoms. The smallest absolute Gasteiger partial charge is 0.359 e. The third kappa shape index (κ3) is 4.94. The Balaban J connectivity index is 1.89. The van der Waals surface area contributed by atoms with Crippen LogP contribution < -0.4 is 5.32 Å². The molecular weight excluding hydrogens is 339 g/mol. The highest BCUT2D eigenvalue weighted by molar-refractivity contribution is 6.34. The zero-order valence-corrected chi connectivity index (χ0v) is 13.8. The number of halogens is 2. The Morgan fingerprint density at radius 1 is 1.17 bits per heavy atom. The molecule has 1 aromatic heterocycles. The number of carbonyl (C=O) groups is 2. The second kappa shape index (κ2) is 7.94. The second-order valence-electron chi connectivity index (χ2n) is 4.74. The minimum Gasteiger partial charge on any atom is -0.451 e. The zero-order valence-electron chi connectivity index (χ0n) is 12.3. The van der Waals surface area contributed by atoms with E-state index in [0.29, 0.717) is 0 Å². The highest BCUT2D eigenvalue weighted by Crippen LogP contribution is 2.17. The molecule has 23 heavy (non-hydrogen) atoms. The lowest BCUT2D eigenvalue weighted by atomic mass is 10.1. The molecule has 7 heteroatoms. The summed E-state index contributed by atoms with van der Waals surface area (Å²) in [5.74, 6) is -1.23. The molecule has 1 heterocycles. The van der Waals surface area contributed by atoms with Crippen molar-refractivity contribution in [3.63, 3.8) is 0 Å². The van der Waals surface area contributed by atoms with E-state index in [4.69, 9.17) is 27.9 Å². The number of pyridine rings is 1. The van der Waals surface area contributed by atoms with Gasteiger partial charge in [-0.2, -0.15) is 0 Å². The molecule has 0 unspecified atom stereocenters. The molecule has 0 aliphatic heterocycles. The van der Waals surface area contributed by atoms with Crippen LogP contribution in [0.2, 0.25) is 10.2 Å². The number of hydrogen-bond donors (Lipinski definition) is 1. The molecule has 0 fully saturated rings. The van der Waals surface area contributed by atoms with Gasteiger partial charge in [-0.15, -0.1) is 0 Å². The predicted octanol–water partition coefficient (Wildman–Crippen LogP) is 3.42. The topological polar surface area (TPSA) is 68.3 Å². The molecule has 1 atom stereocenters. The standard InChI is InChI=1S/C16H14Cl2N2O3/c1-10(11-5-3-2-4-6-11)19-14(21)9-23-16(22)15-12(17)7-8-13(18)20-15/h2-8,10H,9H2,1H3,(H,19,21)/t10-/m1/s1. The van der Waals surface area contributed by atoms with Crippen LogP contribution in [0.1, 0.15) is 29.0 Å². The van der Waals surface area contributed by atoms with Crippen LogP contribution in [0.3, 0.4) is 0 Å². The van der Waals surface area contributed by atoms with Gasteiger partial charge >= 0.3 is 5.97 Å². The number of hydrogen-bond acceptors (Lipinski definition) is 4. The Labute approximate surface area is 143 Å². The average molecular weight is 353 g/mol. The maximum atomic E-state index is 11.9. The molecule has 1 N–H and O–H groups in total. The number of amides is 1. The highest BCUT2D eigenvalue weighted by atomic mass is 35.5. The minimum absolute atomic E-state index is 0.109. The molecule has 1 amide bonds. The van der Waals surface area contributed by atoms with Crippen LogP contribution in [0.5, 0.6) is 0 Å². The van der Waals surface area contributed by atoms with Gasteiger partial charge in [0.05, 0.1) is 11.1 Å². The van der Waals surface area contributed by atoms with Crippen molar-refractivity contribution >= 4 is 35.1 Å². The lowest BCUT2D eigenvalue weighted by Crippen LogP contribution is -2.31. The fourth-order valence-electron chi connectivity index (χ4n) is 1.87. The second-order valence-corrected chi connectivity index (χ2v) is 5.53. The van der Waals surface area contributed by atoms with E-state index in [-0.39, 0.29) is 21.9 Å². The van der Waals surface area contributed by atoms with Gasteiger partial charge < -0.3 is 10.1 Å². The molecule has 0 radical (unpaired) electrons. The van der Waals surface area contributed by atoms with Crippen LogP contribution in [0.15, 0.2) is 42.5 Å². The van der Waals surface area contributed by atoms with Gasteiger partial charge in [-0.25, -0.2) is 9.78 Å². The molecular formula is C16H14Cl2N2O3. The molecule has 2 rings (SSSR count). The van der Waals surface area contributed by atoms with Crippen LogP contribution in [0.4, 0.5) is 0 Å². The van der Waals surface area contributed by atoms with Gasteiger partial charge in [0.25, 0.3) is 5.91 Å². The van der Waals surface area contributed by atoms with Crippen molar-refractivity contribution in [1.29, 1.82) is 0 Å². The van der Waals surface area contributed by atoms with Gasteiger partial charge in [0.15, 0.2) is 12.3 Å². The van der Waals surface area contributed by atoms with Gasteiger partial charge in [-0.1, -0.05) is 53.5 Å². The van der Waals surface area contributed by atoms with E-state index in [2.05, 4.69) is 10.3 Å². The number of carbonyl (C=O) groups excluding carboxylic acids is 2. The van der Waals surface area contributed by atoms with Crippen molar-refractivity contribution in [3.8, 4) is 0 Å². The Bertz CT molecular complexity index is 708. The van der Waals surface area contributed by atoms with Crippen LogP contribution in [0, 0.1) is 0 Å². The van der Waals surface area contributed by atoms with E-state index >= 15 is 0 Å². The maximum Gasteiger partial charge on any atom is 0.359 e. The molecule has 2 aromatic rings. The lowest BCUT2D eigenvalue weighted by molar-refractivity contribution is -0.124. The molecule has 1 aromatic carbocycles. The quantitative estimate of drug-likeness (QED) is 0.661. The van der Waals surface area contributed by atoms with Crippen molar-refractivity contribution in [2.75, 3.05) is 6.61 Å². The molecule has 0 aliphatic rings. The Morgan fingerprint density at radius 2 is 1.87 bits per heavy atom. The van der Waals surface area contributed by atoms with Crippen LogP contribution >= 0.6 is 23.2 Å². The number of benzene rings is 1. The monoisotopic (exact) mass is 352 g/mol. The maximum absolute atomic E-state index is 11.9. The Morgan fingerprint density at radius 3 is 2.57 bits per heavy atom. The van der Waals surface area contributed by atoms with Crippen molar-refractivity contribution in [2.45, 2.75) is 13.0 Å². The first kappa shape index (κ1) is 17.2. The lowest BCUT2D eigenvalue weighted by Gasteiger charge is -2.14. The first-order chi connectivity index (χ1) is 11.0. The van der Waals surface area contributed by atoms with Crippen molar-refractivity contribution in [1.82, 2.24) is 10.3 Å². The summed E-state index contributed by atoms with van der Waals surface area (Å²) in [5, 5.41) is 2.96. The van der Waals surface area contributed by atoms with Crippen molar-refractivity contribution in [3.05, 3.63) is 63.9 Å². The highest BCUT2D eigenvalue weighted by Gasteiger charge is 2.17. The summed E-state index contributed by atoms with van der Waals surface area (Å²) in [5.41, 5.74) is 0.829. The minimum atomic E-state index is -0.806. The van der Waals surface area contributed by atoms with Gasteiger partial charge in [-0.05, 0) is 24.6 Å². The van der Waals surface area contributed by atoms with Crippen LogP contribution in [0.25, 0.3) is 0 Å². The predicted molar refractivity (Wildman–Crippen MR) is 87.5 cm³/mol. The summed E-state index contributed by atoms with van der Waals surface area (Å²) in [6, 6.07) is 12.1. The largest absolute Gasteiger partial charge is 0.451 e. The fourth-order valence-corrected chi connectivity index (χ4v) is 2.20. The first-order valence-corrected chi connectivity index (χ1v) is 7.56. The van der Waals surface area contributed by atoms with Gasteiger partial charge in [0.2, 0.25) is 0 Å². The van der Waals surface area contributed by atoms with E-state index in [1.807, 2.05) is 37.3 Å². The van der Waals surface area contributed by atoms with Crippen molar-refractivity contribution < 1.29 is 14.3 Å². The Hall–Kier alpha value is -2.11. The van der Waals surface area contributed by atoms with Crippen molar-refractivity contribution in [2.24, 2.45) is 0 Å². The number of nitrogens with one attached hydrogen (secondary N) is 1. The first-order valence-electron chi connectivity index (χ1n) is 6.81.